The number of phenols is 1. The van der Waals surface area contributed by atoms with Crippen LogP contribution in [-0.2, 0) is 10.0 Å². The average molecular weight is 242 g/mol. The van der Waals surface area contributed by atoms with E-state index in [1.807, 2.05) is 6.92 Å². The fourth-order valence-corrected chi connectivity index (χ4v) is 2.87. The van der Waals surface area contributed by atoms with Crippen molar-refractivity contribution < 1.29 is 13.5 Å². The van der Waals surface area contributed by atoms with Gasteiger partial charge in [-0.1, -0.05) is 0 Å². The van der Waals surface area contributed by atoms with Gasteiger partial charge in [-0.05, 0) is 38.0 Å². The molecule has 1 fully saturated rings. The number of rotatable bonds is 3. The van der Waals surface area contributed by atoms with Crippen LogP contribution in [0, 0.1) is 0 Å². The van der Waals surface area contributed by atoms with E-state index < -0.39 is 10.0 Å². The predicted octanol–water partition coefficient (Wildman–Crippen LogP) is 0.805. The van der Waals surface area contributed by atoms with Crippen LogP contribution in [0.4, 0.5) is 5.69 Å². The largest absolute Gasteiger partial charge is 0.506 e. The van der Waals surface area contributed by atoms with Crippen LogP contribution >= 0.6 is 0 Å². The fraction of sp³-hybridized carbons (Fsp3) is 0.400. The minimum Gasteiger partial charge on any atom is -0.506 e. The third kappa shape index (κ3) is 2.12. The topological polar surface area (TPSA) is 92.4 Å². The van der Waals surface area contributed by atoms with E-state index in [0.29, 0.717) is 0 Å². The summed E-state index contributed by atoms with van der Waals surface area (Å²) in [6.45, 7) is 1.86. The molecular formula is C10H14N2O3S. The van der Waals surface area contributed by atoms with E-state index in [9.17, 15) is 13.5 Å². The Morgan fingerprint density at radius 3 is 2.56 bits per heavy atom. The van der Waals surface area contributed by atoms with Crippen molar-refractivity contribution in [1.82, 2.24) is 4.72 Å². The maximum absolute atomic E-state index is 11.9. The molecule has 0 heterocycles. The number of aromatic hydroxyl groups is 1. The fourth-order valence-electron chi connectivity index (χ4n) is 1.37. The quantitative estimate of drug-likeness (QED) is 0.540. The molecule has 5 nitrogen and oxygen atoms in total. The zero-order valence-electron chi connectivity index (χ0n) is 8.90. The molecule has 6 heteroatoms. The van der Waals surface area contributed by atoms with Crippen molar-refractivity contribution in [3.63, 3.8) is 0 Å². The van der Waals surface area contributed by atoms with Crippen LogP contribution in [0.3, 0.4) is 0 Å². The normalized spacial score (nSPS) is 18.3. The zero-order chi connectivity index (χ0) is 12.0. The predicted molar refractivity (Wildman–Crippen MR) is 60.5 cm³/mol. The summed E-state index contributed by atoms with van der Waals surface area (Å²) in [4.78, 5) is 0.0796. The van der Waals surface area contributed by atoms with Crippen molar-refractivity contribution in [2.75, 3.05) is 5.73 Å². The van der Waals surface area contributed by atoms with E-state index >= 15 is 0 Å². The Hall–Kier alpha value is -1.27. The highest BCUT2D eigenvalue weighted by Crippen LogP contribution is 2.36. The van der Waals surface area contributed by atoms with E-state index in [1.165, 1.54) is 18.2 Å². The molecule has 1 aromatic carbocycles. The Morgan fingerprint density at radius 2 is 2.06 bits per heavy atom. The highest BCUT2D eigenvalue weighted by atomic mass is 32.2. The van der Waals surface area contributed by atoms with Gasteiger partial charge in [-0.2, -0.15) is 0 Å². The van der Waals surface area contributed by atoms with Gasteiger partial charge in [0.05, 0.1) is 10.6 Å². The summed E-state index contributed by atoms with van der Waals surface area (Å²) >= 11 is 0. The van der Waals surface area contributed by atoms with Gasteiger partial charge < -0.3 is 10.8 Å². The molecule has 16 heavy (non-hydrogen) atoms. The molecule has 0 amide bonds. The molecule has 1 aliphatic carbocycles. The van der Waals surface area contributed by atoms with Crippen molar-refractivity contribution in [2.45, 2.75) is 30.2 Å². The number of nitrogens with one attached hydrogen (secondary N) is 1. The standard InChI is InChI=1S/C10H14N2O3S/c1-10(4-5-10)12-16(14,15)7-2-3-9(13)8(11)6-7/h2-3,6,12-13H,4-5,11H2,1H3. The zero-order valence-corrected chi connectivity index (χ0v) is 9.71. The molecule has 0 spiro atoms. The molecule has 1 aromatic rings. The van der Waals surface area contributed by atoms with E-state index in [1.54, 1.807) is 0 Å². The molecule has 0 aliphatic heterocycles. The van der Waals surface area contributed by atoms with Crippen molar-refractivity contribution in [1.29, 1.82) is 0 Å². The lowest BCUT2D eigenvalue weighted by Gasteiger charge is -2.12. The van der Waals surface area contributed by atoms with E-state index in [4.69, 9.17) is 5.73 Å². The molecule has 0 bridgehead atoms. The van der Waals surface area contributed by atoms with Gasteiger partial charge >= 0.3 is 0 Å². The van der Waals surface area contributed by atoms with Crippen LogP contribution in [-0.4, -0.2) is 19.1 Å². The number of anilines is 1. The molecule has 0 unspecified atom stereocenters. The summed E-state index contributed by atoms with van der Waals surface area (Å²) in [5, 5.41) is 9.21. The first-order valence-electron chi connectivity index (χ1n) is 4.95. The molecule has 0 radical (unpaired) electrons. The molecule has 1 aliphatic rings. The molecule has 1 saturated carbocycles. The number of nitrogen functional groups attached to an aromatic ring is 1. The van der Waals surface area contributed by atoms with E-state index in [-0.39, 0.29) is 21.9 Å². The maximum atomic E-state index is 11.9. The van der Waals surface area contributed by atoms with Gasteiger partial charge in [0.25, 0.3) is 0 Å². The van der Waals surface area contributed by atoms with Gasteiger partial charge in [0, 0.05) is 5.54 Å². The molecule has 0 aromatic heterocycles. The lowest BCUT2D eigenvalue weighted by Crippen LogP contribution is -2.34. The number of sulfonamides is 1. The Bertz CT molecular complexity index is 521. The minimum absolute atomic E-state index is 0.0591. The van der Waals surface area contributed by atoms with E-state index in [2.05, 4.69) is 4.72 Å². The first kappa shape index (κ1) is 11.2. The molecule has 0 atom stereocenters. The van der Waals surface area contributed by atoms with Gasteiger partial charge in [0.15, 0.2) is 0 Å². The maximum Gasteiger partial charge on any atom is 0.241 e. The Labute approximate surface area is 94.3 Å². The van der Waals surface area contributed by atoms with Gasteiger partial charge in [0.1, 0.15) is 5.75 Å². The lowest BCUT2D eigenvalue weighted by atomic mass is 10.3. The van der Waals surface area contributed by atoms with Gasteiger partial charge in [-0.25, -0.2) is 13.1 Å². The minimum atomic E-state index is -3.54. The van der Waals surface area contributed by atoms with Crippen LogP contribution in [0.1, 0.15) is 19.8 Å². The smallest absolute Gasteiger partial charge is 0.241 e. The van der Waals surface area contributed by atoms with Crippen molar-refractivity contribution in [3.05, 3.63) is 18.2 Å². The van der Waals surface area contributed by atoms with Gasteiger partial charge in [-0.15, -0.1) is 0 Å². The second-order valence-corrected chi connectivity index (χ2v) is 6.07. The number of hydrogen-bond acceptors (Lipinski definition) is 4. The average Bonchev–Trinajstić information content (AvgIpc) is 2.86. The highest BCUT2D eigenvalue weighted by Gasteiger charge is 2.41. The Balaban J connectivity index is 2.32. The molecule has 2 rings (SSSR count). The summed E-state index contributed by atoms with van der Waals surface area (Å²) in [6.07, 6.45) is 1.69. The van der Waals surface area contributed by atoms with Crippen LogP contribution in [0.15, 0.2) is 23.1 Å². The highest BCUT2D eigenvalue weighted by molar-refractivity contribution is 7.89. The summed E-state index contributed by atoms with van der Waals surface area (Å²) in [5.74, 6) is -0.114. The summed E-state index contributed by atoms with van der Waals surface area (Å²) in [7, 11) is -3.54. The number of benzene rings is 1. The second kappa shape index (κ2) is 3.36. The van der Waals surface area contributed by atoms with Crippen molar-refractivity contribution >= 4 is 15.7 Å². The Kier molecular flexibility index (Phi) is 2.36. The number of nitrogens with two attached hydrogens (primary N) is 1. The van der Waals surface area contributed by atoms with Gasteiger partial charge in [0.2, 0.25) is 10.0 Å². The molecule has 0 saturated heterocycles. The summed E-state index contributed by atoms with van der Waals surface area (Å²) in [6, 6.07) is 3.86. The lowest BCUT2D eigenvalue weighted by molar-refractivity contribution is 0.477. The first-order chi connectivity index (χ1) is 7.32. The van der Waals surface area contributed by atoms with Crippen LogP contribution in [0.5, 0.6) is 5.75 Å². The molecular weight excluding hydrogens is 228 g/mol. The first-order valence-corrected chi connectivity index (χ1v) is 6.43. The van der Waals surface area contributed by atoms with Gasteiger partial charge in [-0.3, -0.25) is 0 Å². The number of hydrogen-bond donors (Lipinski definition) is 3. The molecule has 4 N–H and O–H groups in total. The number of phenolic OH excluding ortho intramolecular Hbond substituents is 1. The van der Waals surface area contributed by atoms with Crippen molar-refractivity contribution in [2.24, 2.45) is 0 Å². The van der Waals surface area contributed by atoms with Crippen LogP contribution in [0.25, 0.3) is 0 Å². The molecule has 88 valence electrons. The van der Waals surface area contributed by atoms with Crippen LogP contribution in [0.2, 0.25) is 0 Å². The second-order valence-electron chi connectivity index (χ2n) is 4.39. The van der Waals surface area contributed by atoms with Crippen molar-refractivity contribution in [3.8, 4) is 5.75 Å². The summed E-state index contributed by atoms with van der Waals surface area (Å²) < 4.78 is 26.4. The monoisotopic (exact) mass is 242 g/mol. The van der Waals surface area contributed by atoms with Crippen LogP contribution < -0.4 is 10.5 Å². The Morgan fingerprint density at radius 1 is 1.44 bits per heavy atom. The van der Waals surface area contributed by atoms with E-state index in [0.717, 1.165) is 12.8 Å². The SMILES string of the molecule is CC1(NS(=O)(=O)c2ccc(O)c(N)c2)CC1. The third-order valence-corrected chi connectivity index (χ3v) is 4.33. The third-order valence-electron chi connectivity index (χ3n) is 2.69. The summed E-state index contributed by atoms with van der Waals surface area (Å²) in [5.41, 5.74) is 5.20.